The van der Waals surface area contributed by atoms with Crippen molar-refractivity contribution in [2.24, 2.45) is 0 Å². The van der Waals surface area contributed by atoms with Crippen LogP contribution in [-0.4, -0.2) is 83.5 Å². The number of hydrogen-bond donors (Lipinski definition) is 1. The van der Waals surface area contributed by atoms with Gasteiger partial charge in [0.15, 0.2) is 0 Å². The lowest BCUT2D eigenvalue weighted by Gasteiger charge is -2.41. The van der Waals surface area contributed by atoms with E-state index in [4.69, 9.17) is 15.0 Å². The summed E-state index contributed by atoms with van der Waals surface area (Å²) in [5, 5.41) is 11.1. The molecule has 1 aliphatic carbocycles. The number of aromatic nitrogens is 6. The molecule has 1 saturated carbocycles. The van der Waals surface area contributed by atoms with Gasteiger partial charge in [0, 0.05) is 62.5 Å². The Labute approximate surface area is 257 Å². The van der Waals surface area contributed by atoms with Crippen molar-refractivity contribution >= 4 is 22.5 Å². The van der Waals surface area contributed by atoms with E-state index in [0.717, 1.165) is 62.4 Å². The first-order valence-corrected chi connectivity index (χ1v) is 15.8. The summed E-state index contributed by atoms with van der Waals surface area (Å²) in [6, 6.07) is 14.7. The average Bonchev–Trinajstić information content (AvgIpc) is 3.46. The normalized spacial score (nSPS) is 17.2. The van der Waals surface area contributed by atoms with Gasteiger partial charge in [-0.25, -0.2) is 10.5 Å². The molecular weight excluding hydrogens is 554 g/mol. The first-order chi connectivity index (χ1) is 21.5. The van der Waals surface area contributed by atoms with Crippen LogP contribution in [-0.2, 0) is 17.9 Å². The van der Waals surface area contributed by atoms with Crippen LogP contribution in [0.1, 0.15) is 73.0 Å². The molecule has 0 spiro atoms. The first kappa shape index (κ1) is 28.7. The highest BCUT2D eigenvalue weighted by Gasteiger charge is 2.34. The summed E-state index contributed by atoms with van der Waals surface area (Å²) >= 11 is 0. The largest absolute Gasteiger partial charge is 0.298 e. The molecule has 5 heterocycles. The van der Waals surface area contributed by atoms with Gasteiger partial charge in [-0.1, -0.05) is 18.2 Å². The second-order valence-corrected chi connectivity index (χ2v) is 12.2. The highest BCUT2D eigenvalue weighted by Crippen LogP contribution is 2.45. The third-order valence-electron chi connectivity index (χ3n) is 9.07. The Morgan fingerprint density at radius 2 is 1.82 bits per heavy atom. The van der Waals surface area contributed by atoms with Gasteiger partial charge in [0.2, 0.25) is 0 Å². The Morgan fingerprint density at radius 3 is 2.57 bits per heavy atom. The molecule has 1 saturated heterocycles. The van der Waals surface area contributed by atoms with Crippen LogP contribution < -0.4 is 5.48 Å². The fourth-order valence-electron chi connectivity index (χ4n) is 6.44. The number of imidazole rings is 1. The Hall–Kier alpha value is -4.06. The maximum absolute atomic E-state index is 13.2. The van der Waals surface area contributed by atoms with Crippen LogP contribution >= 0.6 is 0 Å². The minimum atomic E-state index is -0.316. The molecule has 5 aromatic rings. The average molecular weight is 596 g/mol. The number of amides is 1. The highest BCUT2D eigenvalue weighted by atomic mass is 16.7. The van der Waals surface area contributed by atoms with Crippen molar-refractivity contribution in [1.82, 2.24) is 44.2 Å². The second kappa shape index (κ2) is 12.1. The first-order valence-electron chi connectivity index (χ1n) is 15.8. The standard InChI is InChI=1S/C33H41N9O2/c1-4-40-15-13-25(35-40)21-42-27-9-7-8-26(31(27)32(36-42)24-11-12-24)29(39-18-16-38(17-19-39)23(2)3)22-44-37-33(43)28-20-34-30-10-5-6-14-41(28)30/h5-10,13-15,20,23-24,29H,4,11-12,16-19,21-22H2,1-3H3,(H,37,43). The van der Waals surface area contributed by atoms with E-state index in [9.17, 15) is 4.79 Å². The van der Waals surface area contributed by atoms with Gasteiger partial charge in [-0.2, -0.15) is 10.2 Å². The van der Waals surface area contributed by atoms with Crippen molar-refractivity contribution in [1.29, 1.82) is 0 Å². The van der Waals surface area contributed by atoms with Gasteiger partial charge in [0.25, 0.3) is 5.91 Å². The maximum atomic E-state index is 13.2. The molecule has 0 radical (unpaired) electrons. The number of nitrogens with one attached hydrogen (secondary N) is 1. The smallest absolute Gasteiger partial charge is 0.293 e. The van der Waals surface area contributed by atoms with E-state index in [1.165, 1.54) is 16.6 Å². The summed E-state index contributed by atoms with van der Waals surface area (Å²) in [6.45, 7) is 12.2. The third kappa shape index (κ3) is 5.62. The minimum absolute atomic E-state index is 0.0510. The molecule has 1 unspecified atom stereocenters. The predicted molar refractivity (Wildman–Crippen MR) is 168 cm³/mol. The third-order valence-corrected chi connectivity index (χ3v) is 9.07. The molecule has 1 aliphatic heterocycles. The molecule has 1 aromatic carbocycles. The lowest BCUT2D eigenvalue weighted by Crippen LogP contribution is -2.50. The molecular formula is C33H41N9O2. The molecule has 1 amide bonds. The Kier molecular flexibility index (Phi) is 7.92. The number of hydroxylamine groups is 1. The van der Waals surface area contributed by atoms with E-state index >= 15 is 0 Å². The molecule has 2 aliphatic rings. The van der Waals surface area contributed by atoms with Crippen LogP contribution in [0.2, 0.25) is 0 Å². The van der Waals surface area contributed by atoms with Crippen molar-refractivity contribution < 1.29 is 9.63 Å². The number of rotatable bonds is 11. The van der Waals surface area contributed by atoms with Crippen molar-refractivity contribution in [3.8, 4) is 0 Å². The fourth-order valence-corrected chi connectivity index (χ4v) is 6.44. The maximum Gasteiger partial charge on any atom is 0.293 e. The highest BCUT2D eigenvalue weighted by molar-refractivity contribution is 5.92. The van der Waals surface area contributed by atoms with Gasteiger partial charge < -0.3 is 0 Å². The van der Waals surface area contributed by atoms with Crippen LogP contribution in [0.5, 0.6) is 0 Å². The number of benzene rings is 1. The molecule has 44 heavy (non-hydrogen) atoms. The SMILES string of the molecule is CCn1ccc(Cn2nc(C3CC3)c3c(C(CONC(=O)c4cnc5ccccn45)N4CCN(C(C)C)CC4)cccc32)n1. The minimum Gasteiger partial charge on any atom is -0.298 e. The molecule has 0 bridgehead atoms. The van der Waals surface area contributed by atoms with Crippen molar-refractivity contribution in [3.05, 3.63) is 83.7 Å². The molecule has 1 N–H and O–H groups in total. The van der Waals surface area contributed by atoms with Gasteiger partial charge in [-0.05, 0) is 63.4 Å². The number of pyridine rings is 1. The summed E-state index contributed by atoms with van der Waals surface area (Å²) in [5.41, 5.74) is 8.38. The monoisotopic (exact) mass is 595 g/mol. The fraction of sp³-hybridized carbons (Fsp3) is 0.455. The molecule has 11 heteroatoms. The zero-order valence-electron chi connectivity index (χ0n) is 25.8. The zero-order valence-corrected chi connectivity index (χ0v) is 25.8. The zero-order chi connectivity index (χ0) is 30.2. The van der Waals surface area contributed by atoms with Gasteiger partial charge in [-0.3, -0.25) is 33.2 Å². The Bertz CT molecular complexity index is 1760. The van der Waals surface area contributed by atoms with Gasteiger partial charge >= 0.3 is 0 Å². The molecule has 11 nitrogen and oxygen atoms in total. The predicted octanol–water partition coefficient (Wildman–Crippen LogP) is 4.25. The molecule has 1 atom stereocenters. The number of aryl methyl sites for hydroxylation is 1. The van der Waals surface area contributed by atoms with Gasteiger partial charge in [0.05, 0.1) is 42.3 Å². The number of piperazine rings is 1. The van der Waals surface area contributed by atoms with Crippen LogP contribution in [0.4, 0.5) is 0 Å². The van der Waals surface area contributed by atoms with E-state index in [2.05, 4.69) is 70.0 Å². The van der Waals surface area contributed by atoms with Crippen LogP contribution in [0.15, 0.2) is 61.1 Å². The molecule has 230 valence electrons. The van der Waals surface area contributed by atoms with E-state index in [1.807, 2.05) is 35.3 Å². The lowest BCUT2D eigenvalue weighted by molar-refractivity contribution is -0.0125. The number of carbonyl (C=O) groups excluding carboxylic acids is 1. The summed E-state index contributed by atoms with van der Waals surface area (Å²) in [4.78, 5) is 28.6. The van der Waals surface area contributed by atoms with Crippen molar-refractivity contribution in [2.75, 3.05) is 32.8 Å². The van der Waals surface area contributed by atoms with Gasteiger partial charge in [0.1, 0.15) is 11.3 Å². The molecule has 2 fully saturated rings. The van der Waals surface area contributed by atoms with E-state index in [-0.39, 0.29) is 11.9 Å². The Morgan fingerprint density at radius 1 is 1.00 bits per heavy atom. The summed E-state index contributed by atoms with van der Waals surface area (Å²) < 4.78 is 5.84. The van der Waals surface area contributed by atoms with E-state index in [0.29, 0.717) is 30.8 Å². The van der Waals surface area contributed by atoms with Crippen LogP contribution in [0.25, 0.3) is 16.6 Å². The molecule has 4 aromatic heterocycles. The molecule has 7 rings (SSSR count). The van der Waals surface area contributed by atoms with Crippen molar-refractivity contribution in [3.63, 3.8) is 0 Å². The topological polar surface area (TPSA) is 97.7 Å². The van der Waals surface area contributed by atoms with Crippen molar-refractivity contribution in [2.45, 2.75) is 64.7 Å². The van der Waals surface area contributed by atoms with Crippen LogP contribution in [0.3, 0.4) is 0 Å². The lowest BCUT2D eigenvalue weighted by atomic mass is 9.97. The van der Waals surface area contributed by atoms with E-state index in [1.54, 1.807) is 10.6 Å². The number of nitrogens with zero attached hydrogens (tertiary/aromatic N) is 8. The summed E-state index contributed by atoms with van der Waals surface area (Å²) in [5.74, 6) is 0.158. The number of carbonyl (C=O) groups is 1. The second-order valence-electron chi connectivity index (χ2n) is 12.2. The summed E-state index contributed by atoms with van der Waals surface area (Å²) in [6.07, 6.45) is 7.76. The number of hydrogen-bond acceptors (Lipinski definition) is 7. The summed E-state index contributed by atoms with van der Waals surface area (Å²) in [7, 11) is 0. The Balaban J connectivity index is 1.19. The number of fused-ring (bicyclic) bond motifs is 2. The van der Waals surface area contributed by atoms with E-state index < -0.39 is 0 Å². The van der Waals surface area contributed by atoms with Crippen LogP contribution in [0, 0.1) is 0 Å². The van der Waals surface area contributed by atoms with Gasteiger partial charge in [-0.15, -0.1) is 0 Å². The quantitative estimate of drug-likeness (QED) is 0.228.